The largest absolute Gasteiger partial charge is 0.417 e. The molecule has 1 aromatic carbocycles. The summed E-state index contributed by atoms with van der Waals surface area (Å²) in [6.45, 7) is 6.61. The average Bonchev–Trinajstić information content (AvgIpc) is 2.28. The van der Waals surface area contributed by atoms with E-state index in [0.29, 0.717) is 0 Å². The Bertz CT molecular complexity index is 548. The van der Waals surface area contributed by atoms with E-state index in [0.717, 1.165) is 12.1 Å². The third-order valence-corrected chi connectivity index (χ3v) is 4.04. The van der Waals surface area contributed by atoms with Crippen LogP contribution < -0.4 is 11.1 Å². The number of alkyl halides is 3. The van der Waals surface area contributed by atoms with Crippen molar-refractivity contribution in [3.8, 4) is 0 Å². The quantitative estimate of drug-likeness (QED) is 0.881. The number of hydrogen-bond acceptors (Lipinski definition) is 2. The molecule has 0 aromatic heterocycles. The topological polar surface area (TPSA) is 55.1 Å². The van der Waals surface area contributed by atoms with Crippen molar-refractivity contribution in [2.45, 2.75) is 39.4 Å². The number of hydrogen-bond donors (Lipinski definition) is 2. The van der Waals surface area contributed by atoms with Gasteiger partial charge in [0.1, 0.15) is 0 Å². The maximum absolute atomic E-state index is 12.8. The molecular formula is C14H18ClF3N2O. The summed E-state index contributed by atoms with van der Waals surface area (Å²) < 4.78 is 38.3. The maximum Gasteiger partial charge on any atom is 0.417 e. The van der Waals surface area contributed by atoms with Crippen LogP contribution >= 0.6 is 11.6 Å². The van der Waals surface area contributed by atoms with Crippen molar-refractivity contribution >= 4 is 23.2 Å². The Morgan fingerprint density at radius 2 is 1.71 bits per heavy atom. The van der Waals surface area contributed by atoms with Crippen LogP contribution in [0.2, 0.25) is 5.02 Å². The predicted octanol–water partition coefficient (Wildman–Crippen LogP) is 4.06. The molecule has 0 spiro atoms. The minimum Gasteiger partial charge on any atom is -0.326 e. The van der Waals surface area contributed by atoms with E-state index in [4.69, 9.17) is 17.3 Å². The normalized spacial score (nSPS) is 13.2. The standard InChI is InChI=1S/C14H18ClF3N2O/c1-12(2,13(3,4)19)11(21)20-8-5-6-10(15)9(7-8)14(16,17)18/h5-7H,19H2,1-4H3,(H,20,21). The highest BCUT2D eigenvalue weighted by molar-refractivity contribution is 6.31. The molecule has 21 heavy (non-hydrogen) atoms. The summed E-state index contributed by atoms with van der Waals surface area (Å²) in [6.07, 6.45) is -4.58. The first-order chi connectivity index (χ1) is 9.26. The van der Waals surface area contributed by atoms with E-state index in [2.05, 4.69) is 5.32 Å². The molecular weight excluding hydrogens is 305 g/mol. The molecule has 0 bridgehead atoms. The zero-order valence-electron chi connectivity index (χ0n) is 12.2. The summed E-state index contributed by atoms with van der Waals surface area (Å²) >= 11 is 5.53. The van der Waals surface area contributed by atoms with Crippen molar-refractivity contribution in [3.63, 3.8) is 0 Å². The van der Waals surface area contributed by atoms with Gasteiger partial charge in [0, 0.05) is 11.2 Å². The van der Waals surface area contributed by atoms with Gasteiger partial charge in [-0.1, -0.05) is 11.6 Å². The summed E-state index contributed by atoms with van der Waals surface area (Å²) in [4.78, 5) is 12.2. The van der Waals surface area contributed by atoms with Crippen molar-refractivity contribution in [1.82, 2.24) is 0 Å². The van der Waals surface area contributed by atoms with Gasteiger partial charge in [-0.3, -0.25) is 4.79 Å². The molecule has 0 saturated heterocycles. The van der Waals surface area contributed by atoms with Gasteiger partial charge in [-0.2, -0.15) is 13.2 Å². The lowest BCUT2D eigenvalue weighted by molar-refractivity contribution is -0.137. The molecule has 1 amide bonds. The van der Waals surface area contributed by atoms with Crippen LogP contribution in [0, 0.1) is 5.41 Å². The highest BCUT2D eigenvalue weighted by Gasteiger charge is 2.40. The minimum absolute atomic E-state index is 0.0223. The second-order valence-electron chi connectivity index (χ2n) is 5.99. The van der Waals surface area contributed by atoms with Gasteiger partial charge in [0.15, 0.2) is 0 Å². The van der Waals surface area contributed by atoms with Crippen LogP contribution in [0.15, 0.2) is 18.2 Å². The number of rotatable bonds is 3. The van der Waals surface area contributed by atoms with Gasteiger partial charge >= 0.3 is 6.18 Å². The molecule has 0 aliphatic heterocycles. The highest BCUT2D eigenvalue weighted by atomic mass is 35.5. The van der Waals surface area contributed by atoms with Crippen molar-refractivity contribution < 1.29 is 18.0 Å². The zero-order chi connectivity index (χ0) is 16.6. The number of halogens is 4. The zero-order valence-corrected chi connectivity index (χ0v) is 13.0. The molecule has 0 radical (unpaired) electrons. The van der Waals surface area contributed by atoms with Gasteiger partial charge in [-0.15, -0.1) is 0 Å². The molecule has 1 aromatic rings. The lowest BCUT2D eigenvalue weighted by atomic mass is 9.74. The molecule has 118 valence electrons. The fourth-order valence-corrected chi connectivity index (χ4v) is 1.62. The predicted molar refractivity (Wildman–Crippen MR) is 77.1 cm³/mol. The van der Waals surface area contributed by atoms with Crippen LogP contribution in [0.3, 0.4) is 0 Å². The summed E-state index contributed by atoms with van der Waals surface area (Å²) in [5.74, 6) is -0.467. The molecule has 1 rings (SSSR count). The van der Waals surface area contributed by atoms with Crippen LogP contribution in [0.4, 0.5) is 18.9 Å². The fourth-order valence-electron chi connectivity index (χ4n) is 1.40. The number of anilines is 1. The molecule has 0 heterocycles. The highest BCUT2D eigenvalue weighted by Crippen LogP contribution is 2.37. The number of carbonyl (C=O) groups is 1. The van der Waals surface area contributed by atoms with Crippen molar-refractivity contribution in [1.29, 1.82) is 0 Å². The first-order valence-electron chi connectivity index (χ1n) is 6.24. The van der Waals surface area contributed by atoms with E-state index in [1.807, 2.05) is 0 Å². The van der Waals surface area contributed by atoms with Gasteiger partial charge in [0.05, 0.1) is 16.0 Å². The van der Waals surface area contributed by atoms with Crippen molar-refractivity contribution in [2.75, 3.05) is 5.32 Å². The SMILES string of the molecule is CC(C)(N)C(C)(C)C(=O)Nc1ccc(Cl)c(C(F)(F)F)c1. The smallest absolute Gasteiger partial charge is 0.326 e. The van der Waals surface area contributed by atoms with E-state index in [1.165, 1.54) is 6.07 Å². The number of nitrogens with one attached hydrogen (secondary N) is 1. The van der Waals surface area contributed by atoms with E-state index >= 15 is 0 Å². The Morgan fingerprint density at radius 3 is 2.14 bits per heavy atom. The number of nitrogens with two attached hydrogens (primary N) is 1. The van der Waals surface area contributed by atoms with E-state index < -0.39 is 33.6 Å². The van der Waals surface area contributed by atoms with Gasteiger partial charge < -0.3 is 11.1 Å². The summed E-state index contributed by atoms with van der Waals surface area (Å²) in [5, 5.41) is 2.03. The van der Waals surface area contributed by atoms with E-state index in [-0.39, 0.29) is 5.69 Å². The van der Waals surface area contributed by atoms with Crippen molar-refractivity contribution in [2.24, 2.45) is 11.1 Å². The molecule has 7 heteroatoms. The summed E-state index contributed by atoms with van der Waals surface area (Å²) in [7, 11) is 0. The lowest BCUT2D eigenvalue weighted by Crippen LogP contribution is -2.53. The van der Waals surface area contributed by atoms with Gasteiger partial charge in [-0.25, -0.2) is 0 Å². The number of carbonyl (C=O) groups excluding carboxylic acids is 1. The molecule has 0 atom stereocenters. The van der Waals surface area contributed by atoms with E-state index in [1.54, 1.807) is 27.7 Å². The first-order valence-corrected chi connectivity index (χ1v) is 6.61. The fraction of sp³-hybridized carbons (Fsp3) is 0.500. The monoisotopic (exact) mass is 322 g/mol. The van der Waals surface area contributed by atoms with Crippen molar-refractivity contribution in [3.05, 3.63) is 28.8 Å². The van der Waals surface area contributed by atoms with E-state index in [9.17, 15) is 18.0 Å². The Morgan fingerprint density at radius 1 is 1.19 bits per heavy atom. The van der Waals surface area contributed by atoms with Gasteiger partial charge in [0.2, 0.25) is 5.91 Å². The minimum atomic E-state index is -4.58. The second-order valence-corrected chi connectivity index (χ2v) is 6.40. The summed E-state index contributed by atoms with van der Waals surface area (Å²) in [6, 6.07) is 3.22. The Kier molecular flexibility index (Phi) is 4.65. The summed E-state index contributed by atoms with van der Waals surface area (Å²) in [5.41, 5.74) is 3.15. The Balaban J connectivity index is 3.08. The molecule has 0 saturated carbocycles. The number of amides is 1. The van der Waals surface area contributed by atoms with Crippen LogP contribution in [-0.2, 0) is 11.0 Å². The average molecular weight is 323 g/mol. The third kappa shape index (κ3) is 3.89. The van der Waals surface area contributed by atoms with Crippen LogP contribution in [0.25, 0.3) is 0 Å². The Hall–Kier alpha value is -1.27. The molecule has 0 aliphatic carbocycles. The molecule has 0 fully saturated rings. The third-order valence-electron chi connectivity index (χ3n) is 3.71. The Labute approximate surface area is 126 Å². The first kappa shape index (κ1) is 17.8. The molecule has 0 aliphatic rings. The maximum atomic E-state index is 12.8. The molecule has 3 N–H and O–H groups in total. The molecule has 0 unspecified atom stereocenters. The second kappa shape index (κ2) is 5.50. The molecule has 3 nitrogen and oxygen atoms in total. The lowest BCUT2D eigenvalue weighted by Gasteiger charge is -2.36. The van der Waals surface area contributed by atoms with Crippen LogP contribution in [0.1, 0.15) is 33.3 Å². The van der Waals surface area contributed by atoms with Gasteiger partial charge in [0.25, 0.3) is 0 Å². The van der Waals surface area contributed by atoms with Crippen LogP contribution in [0.5, 0.6) is 0 Å². The van der Waals surface area contributed by atoms with Gasteiger partial charge in [-0.05, 0) is 45.9 Å². The number of benzene rings is 1. The van der Waals surface area contributed by atoms with Crippen LogP contribution in [-0.4, -0.2) is 11.4 Å².